The van der Waals surface area contributed by atoms with Crippen molar-refractivity contribution < 1.29 is 14.6 Å². The summed E-state index contributed by atoms with van der Waals surface area (Å²) in [7, 11) is 0. The Bertz CT molecular complexity index is 539. The summed E-state index contributed by atoms with van der Waals surface area (Å²) in [5, 5.41) is 3.33. The number of carbonyl (C=O) groups is 1. The highest BCUT2D eigenvalue weighted by atomic mass is 16.2. The third kappa shape index (κ3) is 5.29. The number of amides is 1. The van der Waals surface area contributed by atoms with E-state index in [1.54, 1.807) is 4.90 Å². The quantitative estimate of drug-likeness (QED) is 0.686. The van der Waals surface area contributed by atoms with Crippen LogP contribution in [0.1, 0.15) is 38.7 Å². The van der Waals surface area contributed by atoms with E-state index in [0.717, 1.165) is 45.1 Å². The molecule has 1 amide bonds. The molecule has 3 rings (SSSR count). The van der Waals surface area contributed by atoms with Gasteiger partial charge in [-0.3, -0.25) is 4.79 Å². The van der Waals surface area contributed by atoms with E-state index in [4.69, 9.17) is 0 Å². The van der Waals surface area contributed by atoms with Gasteiger partial charge in [-0.2, -0.15) is 0 Å². The molecular formula is C21H35N3O+2. The predicted molar refractivity (Wildman–Crippen MR) is 101 cm³/mol. The van der Waals surface area contributed by atoms with Gasteiger partial charge in [0.05, 0.1) is 0 Å². The van der Waals surface area contributed by atoms with Crippen molar-refractivity contribution in [2.24, 2.45) is 11.8 Å². The first-order valence-electron chi connectivity index (χ1n) is 10.1. The molecule has 1 aliphatic heterocycles. The molecule has 4 heteroatoms. The molecular weight excluding hydrogens is 310 g/mol. The van der Waals surface area contributed by atoms with Crippen LogP contribution in [0, 0.1) is 11.8 Å². The van der Waals surface area contributed by atoms with Crippen molar-refractivity contribution in [3.63, 3.8) is 0 Å². The third-order valence-electron chi connectivity index (χ3n) is 6.42. The van der Waals surface area contributed by atoms with Gasteiger partial charge in [0.1, 0.15) is 32.7 Å². The van der Waals surface area contributed by atoms with Gasteiger partial charge in [-0.25, -0.2) is 0 Å². The monoisotopic (exact) mass is 345 g/mol. The van der Waals surface area contributed by atoms with E-state index in [-0.39, 0.29) is 5.91 Å². The first kappa shape index (κ1) is 18.4. The Hall–Kier alpha value is -1.39. The molecule has 0 spiro atoms. The molecule has 0 bridgehead atoms. The maximum absolute atomic E-state index is 12.5. The summed E-state index contributed by atoms with van der Waals surface area (Å²) in [6, 6.07) is 11.1. The number of hydrogen-bond donors (Lipinski definition) is 3. The highest BCUT2D eigenvalue weighted by Gasteiger charge is 2.30. The molecule has 2 aliphatic rings. The van der Waals surface area contributed by atoms with Gasteiger partial charge in [-0.15, -0.1) is 0 Å². The molecule has 1 heterocycles. The van der Waals surface area contributed by atoms with Gasteiger partial charge >= 0.3 is 0 Å². The molecule has 0 unspecified atom stereocenters. The predicted octanol–water partition coefficient (Wildman–Crippen LogP) is -0.0891. The Kier molecular flexibility index (Phi) is 6.49. The fraction of sp³-hybridized carbons (Fsp3) is 0.667. The molecule has 3 atom stereocenters. The summed E-state index contributed by atoms with van der Waals surface area (Å²) in [4.78, 5) is 15.6. The van der Waals surface area contributed by atoms with Crippen LogP contribution < -0.4 is 15.1 Å². The average Bonchev–Trinajstić information content (AvgIpc) is 2.62. The van der Waals surface area contributed by atoms with E-state index in [1.807, 2.05) is 0 Å². The van der Waals surface area contributed by atoms with Crippen molar-refractivity contribution in [2.45, 2.75) is 45.7 Å². The molecule has 1 aliphatic carbocycles. The maximum atomic E-state index is 12.5. The minimum absolute atomic E-state index is 0.257. The molecule has 4 nitrogen and oxygen atoms in total. The SMILES string of the molecule is C[C@H]1[C@@H](NC(=O)C[NH+]2CC[NH+](Cc3ccccc3)CC2)CCC[C@@H]1C. The number of nitrogens with one attached hydrogen (secondary N) is 3. The van der Waals surface area contributed by atoms with Gasteiger partial charge in [0.15, 0.2) is 6.54 Å². The van der Waals surface area contributed by atoms with Gasteiger partial charge < -0.3 is 15.1 Å². The van der Waals surface area contributed by atoms with Crippen LogP contribution in [-0.4, -0.2) is 44.7 Å². The van der Waals surface area contributed by atoms with Crippen molar-refractivity contribution in [3.8, 4) is 0 Å². The second-order valence-electron chi connectivity index (χ2n) is 8.28. The molecule has 25 heavy (non-hydrogen) atoms. The summed E-state index contributed by atoms with van der Waals surface area (Å²) in [6.07, 6.45) is 3.72. The Balaban J connectivity index is 1.39. The minimum atomic E-state index is 0.257. The van der Waals surface area contributed by atoms with Crippen LogP contribution >= 0.6 is 0 Å². The molecule has 138 valence electrons. The lowest BCUT2D eigenvalue weighted by atomic mass is 9.78. The highest BCUT2D eigenvalue weighted by molar-refractivity contribution is 5.77. The second kappa shape index (κ2) is 8.81. The first-order chi connectivity index (χ1) is 12.1. The molecule has 1 saturated heterocycles. The standard InChI is InChI=1S/C21H33N3O/c1-17-7-6-10-20(18(17)2)22-21(25)16-24-13-11-23(12-14-24)15-19-8-4-3-5-9-19/h3-5,8-9,17-18,20H,6-7,10-16H2,1-2H3,(H,22,25)/p+2/t17-,18+,20-/m0/s1. The van der Waals surface area contributed by atoms with E-state index in [0.29, 0.717) is 18.5 Å². The van der Waals surface area contributed by atoms with Crippen LogP contribution in [0.25, 0.3) is 0 Å². The van der Waals surface area contributed by atoms with E-state index in [9.17, 15) is 4.79 Å². The number of rotatable bonds is 5. The van der Waals surface area contributed by atoms with Gasteiger partial charge in [0.2, 0.25) is 0 Å². The van der Waals surface area contributed by atoms with Crippen molar-refractivity contribution in [3.05, 3.63) is 35.9 Å². The molecule has 0 aromatic heterocycles. The van der Waals surface area contributed by atoms with Gasteiger partial charge in [0.25, 0.3) is 5.91 Å². The van der Waals surface area contributed by atoms with Crippen molar-refractivity contribution in [1.82, 2.24) is 5.32 Å². The zero-order valence-corrected chi connectivity index (χ0v) is 15.9. The largest absolute Gasteiger partial charge is 0.348 e. The lowest BCUT2D eigenvalue weighted by Gasteiger charge is -2.35. The summed E-state index contributed by atoms with van der Waals surface area (Å²) < 4.78 is 0. The number of benzene rings is 1. The van der Waals surface area contributed by atoms with Crippen LogP contribution in [0.5, 0.6) is 0 Å². The smallest absolute Gasteiger partial charge is 0.275 e. The van der Waals surface area contributed by atoms with Crippen LogP contribution in [0.3, 0.4) is 0 Å². The van der Waals surface area contributed by atoms with Gasteiger partial charge in [-0.05, 0) is 18.3 Å². The van der Waals surface area contributed by atoms with Crippen LogP contribution in [0.2, 0.25) is 0 Å². The van der Waals surface area contributed by atoms with Crippen molar-refractivity contribution >= 4 is 5.91 Å². The Morgan fingerprint density at radius 3 is 2.44 bits per heavy atom. The van der Waals surface area contributed by atoms with E-state index < -0.39 is 0 Å². The first-order valence-corrected chi connectivity index (χ1v) is 10.1. The minimum Gasteiger partial charge on any atom is -0.348 e. The van der Waals surface area contributed by atoms with Crippen LogP contribution in [0.15, 0.2) is 30.3 Å². The van der Waals surface area contributed by atoms with E-state index in [2.05, 4.69) is 49.5 Å². The second-order valence-corrected chi connectivity index (χ2v) is 8.28. The topological polar surface area (TPSA) is 38.0 Å². The van der Waals surface area contributed by atoms with Crippen LogP contribution in [-0.2, 0) is 11.3 Å². The van der Waals surface area contributed by atoms with Gasteiger partial charge in [-0.1, -0.05) is 57.0 Å². The summed E-state index contributed by atoms with van der Waals surface area (Å²) in [6.45, 7) is 10.9. The fourth-order valence-electron chi connectivity index (χ4n) is 4.47. The normalized spacial score (nSPS) is 33.0. The molecule has 1 saturated carbocycles. The summed E-state index contributed by atoms with van der Waals surface area (Å²) in [5.41, 5.74) is 1.42. The third-order valence-corrected chi connectivity index (χ3v) is 6.42. The number of quaternary nitrogens is 2. The van der Waals surface area contributed by atoms with Gasteiger partial charge in [0, 0.05) is 11.6 Å². The molecule has 3 N–H and O–H groups in total. The molecule has 1 aromatic carbocycles. The highest BCUT2D eigenvalue weighted by Crippen LogP contribution is 2.29. The average molecular weight is 346 g/mol. The van der Waals surface area contributed by atoms with Crippen LogP contribution in [0.4, 0.5) is 0 Å². The fourth-order valence-corrected chi connectivity index (χ4v) is 4.47. The van der Waals surface area contributed by atoms with Crippen molar-refractivity contribution in [1.29, 1.82) is 0 Å². The maximum Gasteiger partial charge on any atom is 0.275 e. The molecule has 1 aromatic rings. The van der Waals surface area contributed by atoms with Crippen molar-refractivity contribution in [2.75, 3.05) is 32.7 Å². The zero-order valence-electron chi connectivity index (χ0n) is 15.9. The lowest BCUT2D eigenvalue weighted by molar-refractivity contribution is -1.02. The number of hydrogen-bond acceptors (Lipinski definition) is 1. The Morgan fingerprint density at radius 2 is 1.72 bits per heavy atom. The lowest BCUT2D eigenvalue weighted by Crippen LogP contribution is -3.28. The Morgan fingerprint density at radius 1 is 1.04 bits per heavy atom. The van der Waals surface area contributed by atoms with E-state index in [1.165, 1.54) is 23.3 Å². The molecule has 2 fully saturated rings. The number of carbonyl (C=O) groups excluding carboxylic acids is 1. The summed E-state index contributed by atoms with van der Waals surface area (Å²) in [5.74, 6) is 1.60. The van der Waals surface area contributed by atoms with E-state index >= 15 is 0 Å². The zero-order chi connectivity index (χ0) is 17.6. The summed E-state index contributed by atoms with van der Waals surface area (Å²) >= 11 is 0. The number of piperazine rings is 1. The Labute approximate surface area is 152 Å². The molecule has 0 radical (unpaired) electrons.